The van der Waals surface area contributed by atoms with E-state index in [1.807, 2.05) is 30.3 Å². The molecule has 2 amide bonds. The van der Waals surface area contributed by atoms with E-state index in [2.05, 4.69) is 10.6 Å². The second-order valence-corrected chi connectivity index (χ2v) is 7.21. The minimum atomic E-state index is -0.879. The Balaban J connectivity index is 1.84. The van der Waals surface area contributed by atoms with Gasteiger partial charge in [0, 0.05) is 25.9 Å². The van der Waals surface area contributed by atoms with Crippen molar-refractivity contribution >= 4 is 41.1 Å². The van der Waals surface area contributed by atoms with Gasteiger partial charge < -0.3 is 25.0 Å². The Morgan fingerprint density at radius 1 is 1.16 bits per heavy atom. The number of nitrogens with one attached hydrogen (secondary N) is 2. The maximum Gasteiger partial charge on any atom is 0.308 e. The second kappa shape index (κ2) is 12.6. The maximum absolute atomic E-state index is 12.3. The highest BCUT2D eigenvalue weighted by Gasteiger charge is 2.34. The summed E-state index contributed by atoms with van der Waals surface area (Å²) in [6.45, 7) is 2.79. The molecule has 1 heterocycles. The van der Waals surface area contributed by atoms with Crippen LogP contribution in [-0.4, -0.2) is 66.1 Å². The lowest BCUT2D eigenvalue weighted by molar-refractivity contribution is -0.147. The third-order valence-corrected chi connectivity index (χ3v) is 4.89. The molecule has 1 fully saturated rings. The molecule has 1 aromatic carbocycles. The molecule has 0 bridgehead atoms. The summed E-state index contributed by atoms with van der Waals surface area (Å²) < 4.78 is 10.0. The summed E-state index contributed by atoms with van der Waals surface area (Å²) in [5, 5.41) is 5.24. The highest BCUT2D eigenvalue weighted by atomic mass is 32.1. The summed E-state index contributed by atoms with van der Waals surface area (Å²) in [6.07, 6.45) is 0.215. The van der Waals surface area contributed by atoms with Crippen LogP contribution in [-0.2, 0) is 35.1 Å². The largest absolute Gasteiger partial charge is 0.466 e. The Labute approximate surface area is 186 Å². The summed E-state index contributed by atoms with van der Waals surface area (Å²) in [4.78, 5) is 49.5. The first-order chi connectivity index (χ1) is 14.9. The van der Waals surface area contributed by atoms with Gasteiger partial charge >= 0.3 is 11.9 Å². The molecule has 0 spiro atoms. The molecule has 9 nitrogen and oxygen atoms in total. The van der Waals surface area contributed by atoms with E-state index in [1.54, 1.807) is 6.92 Å². The summed E-state index contributed by atoms with van der Waals surface area (Å²) in [6, 6.07) is 8.72. The Bertz CT molecular complexity index is 802. The average Bonchev–Trinajstić information content (AvgIpc) is 2.74. The molecule has 168 valence electrons. The molecule has 2 N–H and O–H groups in total. The summed E-state index contributed by atoms with van der Waals surface area (Å²) in [7, 11) is 0. The fourth-order valence-corrected chi connectivity index (χ4v) is 3.34. The fraction of sp³-hybridized carbons (Fsp3) is 0.476. The molecule has 0 aliphatic carbocycles. The van der Waals surface area contributed by atoms with Crippen LogP contribution < -0.4 is 10.6 Å². The van der Waals surface area contributed by atoms with Crippen LogP contribution in [0.5, 0.6) is 0 Å². The maximum atomic E-state index is 12.3. The number of hydrogen-bond donors (Lipinski definition) is 2. The number of thiocarbonyl (C=S) groups is 1. The average molecular weight is 450 g/mol. The molecular weight excluding hydrogens is 422 g/mol. The van der Waals surface area contributed by atoms with E-state index in [1.165, 1.54) is 4.90 Å². The Morgan fingerprint density at radius 2 is 1.90 bits per heavy atom. The monoisotopic (exact) mass is 449 g/mol. The van der Waals surface area contributed by atoms with Gasteiger partial charge in [0.2, 0.25) is 11.8 Å². The van der Waals surface area contributed by atoms with Gasteiger partial charge in [0.15, 0.2) is 5.11 Å². The second-order valence-electron chi connectivity index (χ2n) is 6.82. The van der Waals surface area contributed by atoms with E-state index >= 15 is 0 Å². The fourth-order valence-electron chi connectivity index (χ4n) is 3.01. The standard InChI is InChI=1S/C21H27N3O6S/c1-2-29-18(26)9-8-17(25)23-21(31)24-12-11-22-20(28)16(24)14-19(27)30-13-10-15-6-4-3-5-7-15/h3-7,16H,2,8-14H2,1H3,(H,22,28)(H,23,25,31). The molecule has 1 saturated heterocycles. The van der Waals surface area contributed by atoms with Crippen molar-refractivity contribution in [2.75, 3.05) is 26.3 Å². The SMILES string of the molecule is CCOC(=O)CCC(=O)NC(=S)N1CCNC(=O)C1CC(=O)OCCc1ccccc1. The molecule has 2 rings (SSSR count). The molecule has 0 saturated carbocycles. The molecule has 0 radical (unpaired) electrons. The zero-order chi connectivity index (χ0) is 22.6. The highest BCUT2D eigenvalue weighted by Crippen LogP contribution is 2.11. The van der Waals surface area contributed by atoms with Gasteiger partial charge in [-0.3, -0.25) is 19.2 Å². The van der Waals surface area contributed by atoms with E-state index in [0.29, 0.717) is 19.5 Å². The van der Waals surface area contributed by atoms with Gasteiger partial charge in [-0.15, -0.1) is 0 Å². The Kier molecular flexibility index (Phi) is 9.89. The quantitative estimate of drug-likeness (QED) is 0.419. The third kappa shape index (κ3) is 8.33. The van der Waals surface area contributed by atoms with Gasteiger partial charge in [0.05, 0.1) is 26.1 Å². The summed E-state index contributed by atoms with van der Waals surface area (Å²) in [5.74, 6) is -1.83. The van der Waals surface area contributed by atoms with Crippen LogP contribution in [0.1, 0.15) is 31.7 Å². The number of benzene rings is 1. The molecule has 31 heavy (non-hydrogen) atoms. The number of piperazine rings is 1. The molecular formula is C21H27N3O6S. The van der Waals surface area contributed by atoms with E-state index < -0.39 is 23.9 Å². The van der Waals surface area contributed by atoms with E-state index in [4.69, 9.17) is 21.7 Å². The predicted molar refractivity (Wildman–Crippen MR) is 116 cm³/mol. The van der Waals surface area contributed by atoms with Gasteiger partial charge in [-0.05, 0) is 24.7 Å². The molecule has 1 atom stereocenters. The molecule has 1 aromatic rings. The minimum absolute atomic E-state index is 0.0331. The van der Waals surface area contributed by atoms with Crippen molar-refractivity contribution in [1.82, 2.24) is 15.5 Å². The summed E-state index contributed by atoms with van der Waals surface area (Å²) in [5.41, 5.74) is 1.04. The van der Waals surface area contributed by atoms with Crippen LogP contribution in [0.4, 0.5) is 0 Å². The smallest absolute Gasteiger partial charge is 0.308 e. The lowest BCUT2D eigenvalue weighted by atomic mass is 10.1. The van der Waals surface area contributed by atoms with Crippen molar-refractivity contribution in [3.8, 4) is 0 Å². The number of carbonyl (C=O) groups excluding carboxylic acids is 4. The Hall–Kier alpha value is -3.01. The lowest BCUT2D eigenvalue weighted by Gasteiger charge is -2.36. The van der Waals surface area contributed by atoms with Crippen LogP contribution in [0.25, 0.3) is 0 Å². The van der Waals surface area contributed by atoms with Crippen molar-refractivity contribution in [3.05, 3.63) is 35.9 Å². The summed E-state index contributed by atoms with van der Waals surface area (Å²) >= 11 is 5.26. The van der Waals surface area contributed by atoms with Gasteiger partial charge in [0.1, 0.15) is 6.04 Å². The van der Waals surface area contributed by atoms with Crippen molar-refractivity contribution < 1.29 is 28.7 Å². The van der Waals surface area contributed by atoms with Crippen LogP contribution in [0, 0.1) is 0 Å². The van der Waals surface area contributed by atoms with Gasteiger partial charge in [-0.2, -0.15) is 0 Å². The molecule has 1 unspecified atom stereocenters. The first-order valence-corrected chi connectivity index (χ1v) is 10.5. The molecule has 0 aromatic heterocycles. The van der Waals surface area contributed by atoms with E-state index in [0.717, 1.165) is 5.56 Å². The number of rotatable bonds is 9. The van der Waals surface area contributed by atoms with E-state index in [-0.39, 0.29) is 43.5 Å². The Morgan fingerprint density at radius 3 is 2.61 bits per heavy atom. The molecule has 10 heteroatoms. The number of carbonyl (C=O) groups is 4. The van der Waals surface area contributed by atoms with Gasteiger partial charge in [-0.1, -0.05) is 30.3 Å². The van der Waals surface area contributed by atoms with Crippen molar-refractivity contribution in [2.24, 2.45) is 0 Å². The molecule has 1 aliphatic heterocycles. The number of hydrogen-bond acceptors (Lipinski definition) is 7. The predicted octanol–water partition coefficient (Wildman–Crippen LogP) is 0.707. The normalized spacial score (nSPS) is 15.6. The van der Waals surface area contributed by atoms with Crippen molar-refractivity contribution in [2.45, 2.75) is 38.6 Å². The van der Waals surface area contributed by atoms with Crippen LogP contribution in [0.2, 0.25) is 0 Å². The first-order valence-electron chi connectivity index (χ1n) is 10.1. The van der Waals surface area contributed by atoms with Crippen molar-refractivity contribution in [3.63, 3.8) is 0 Å². The zero-order valence-corrected chi connectivity index (χ0v) is 18.2. The van der Waals surface area contributed by atoms with E-state index in [9.17, 15) is 19.2 Å². The zero-order valence-electron chi connectivity index (χ0n) is 17.4. The number of amides is 2. The number of nitrogens with zero attached hydrogens (tertiary/aromatic N) is 1. The van der Waals surface area contributed by atoms with Crippen LogP contribution >= 0.6 is 12.2 Å². The first kappa shape index (κ1) is 24.3. The minimum Gasteiger partial charge on any atom is -0.466 e. The van der Waals surface area contributed by atoms with Gasteiger partial charge in [0.25, 0.3) is 0 Å². The van der Waals surface area contributed by atoms with Crippen molar-refractivity contribution in [1.29, 1.82) is 0 Å². The van der Waals surface area contributed by atoms with Crippen LogP contribution in [0.15, 0.2) is 30.3 Å². The lowest BCUT2D eigenvalue weighted by Crippen LogP contribution is -2.60. The number of esters is 2. The van der Waals surface area contributed by atoms with Gasteiger partial charge in [-0.25, -0.2) is 0 Å². The molecule has 1 aliphatic rings. The third-order valence-electron chi connectivity index (χ3n) is 4.56. The highest BCUT2D eigenvalue weighted by molar-refractivity contribution is 7.80. The topological polar surface area (TPSA) is 114 Å². The van der Waals surface area contributed by atoms with Crippen LogP contribution in [0.3, 0.4) is 0 Å². The number of ether oxygens (including phenoxy) is 2.